The number of rotatable bonds is 6. The van der Waals surface area contributed by atoms with Crippen LogP contribution in [-0.4, -0.2) is 22.8 Å². The molecule has 0 spiro atoms. The number of nitrogens with one attached hydrogen (secondary N) is 1. The third kappa shape index (κ3) is 4.70. The van der Waals surface area contributed by atoms with E-state index in [2.05, 4.69) is 20.5 Å². The molecule has 0 saturated carbocycles. The molecule has 1 atom stereocenters. The van der Waals surface area contributed by atoms with Gasteiger partial charge in [0.25, 0.3) is 11.8 Å². The van der Waals surface area contributed by atoms with Gasteiger partial charge in [-0.3, -0.25) is 9.59 Å². The van der Waals surface area contributed by atoms with Crippen molar-refractivity contribution in [3.05, 3.63) is 84.4 Å². The lowest BCUT2D eigenvalue weighted by atomic mass is 10.1. The van der Waals surface area contributed by atoms with E-state index in [0.717, 1.165) is 0 Å². The lowest BCUT2D eigenvalue weighted by Gasteiger charge is -2.14. The highest BCUT2D eigenvalue weighted by molar-refractivity contribution is 5.97. The Bertz CT molecular complexity index is 878. The van der Waals surface area contributed by atoms with Gasteiger partial charge in [0.1, 0.15) is 11.8 Å². The normalized spacial score (nSPS) is 12.0. The average Bonchev–Trinajstić information content (AvgIpc) is 3.20. The number of azo groups is 1. The molecule has 2 heterocycles. The van der Waals surface area contributed by atoms with Gasteiger partial charge < -0.3 is 9.73 Å². The Kier molecular flexibility index (Phi) is 5.61. The predicted octanol–water partition coefficient (Wildman–Crippen LogP) is 3.33. The molecule has 7 nitrogen and oxygen atoms in total. The van der Waals surface area contributed by atoms with Crippen molar-refractivity contribution < 1.29 is 14.0 Å². The maximum atomic E-state index is 12.5. The summed E-state index contributed by atoms with van der Waals surface area (Å²) in [5.74, 6) is -0.0865. The Labute approximate surface area is 149 Å². The molecular formula is C19H16N4O3. The van der Waals surface area contributed by atoms with Gasteiger partial charge >= 0.3 is 0 Å². The number of hydrogen-bond acceptors (Lipinski definition) is 5. The Hall–Kier alpha value is -3.61. The van der Waals surface area contributed by atoms with Crippen molar-refractivity contribution in [1.82, 2.24) is 10.3 Å². The van der Waals surface area contributed by atoms with Gasteiger partial charge in [0, 0.05) is 18.2 Å². The van der Waals surface area contributed by atoms with Crippen LogP contribution in [0.3, 0.4) is 0 Å². The number of nitrogens with zero attached hydrogens (tertiary/aromatic N) is 3. The largest absolute Gasteiger partial charge is 0.469 e. The summed E-state index contributed by atoms with van der Waals surface area (Å²) in [6.45, 7) is 0. The molecule has 3 rings (SSSR count). The predicted molar refractivity (Wildman–Crippen MR) is 93.9 cm³/mol. The summed E-state index contributed by atoms with van der Waals surface area (Å²) >= 11 is 0. The molecule has 0 aliphatic rings. The fourth-order valence-electron chi connectivity index (χ4n) is 2.24. The molecule has 3 aromatic rings. The molecule has 7 heteroatoms. The number of amides is 2. The van der Waals surface area contributed by atoms with Crippen LogP contribution >= 0.6 is 0 Å². The van der Waals surface area contributed by atoms with Crippen molar-refractivity contribution in [2.24, 2.45) is 10.2 Å². The molecule has 1 unspecified atom stereocenters. The second-order valence-electron chi connectivity index (χ2n) is 5.40. The molecule has 1 N–H and O–H groups in total. The van der Waals surface area contributed by atoms with Gasteiger partial charge in [-0.25, -0.2) is 4.98 Å². The maximum absolute atomic E-state index is 12.5. The van der Waals surface area contributed by atoms with Crippen molar-refractivity contribution in [3.63, 3.8) is 0 Å². The summed E-state index contributed by atoms with van der Waals surface area (Å²) < 4.78 is 5.28. The zero-order chi connectivity index (χ0) is 18.2. The Balaban J connectivity index is 1.75. The SMILES string of the molecule is O=C(NC(Cc1ccco1)C(=O)N=Nc1ccccn1)c1ccccc1. The minimum atomic E-state index is -0.902. The van der Waals surface area contributed by atoms with Crippen LogP contribution in [0.1, 0.15) is 16.1 Å². The molecule has 0 saturated heterocycles. The number of hydrogen-bond donors (Lipinski definition) is 1. The second kappa shape index (κ2) is 8.48. The fourth-order valence-corrected chi connectivity index (χ4v) is 2.24. The van der Waals surface area contributed by atoms with Crippen molar-refractivity contribution in [2.45, 2.75) is 12.5 Å². The van der Waals surface area contributed by atoms with E-state index < -0.39 is 11.9 Å². The molecule has 130 valence electrons. The zero-order valence-corrected chi connectivity index (χ0v) is 13.8. The second-order valence-corrected chi connectivity index (χ2v) is 5.40. The van der Waals surface area contributed by atoms with Crippen LogP contribution in [0.15, 0.2) is 87.8 Å². The number of furan rings is 1. The van der Waals surface area contributed by atoms with Crippen molar-refractivity contribution in [1.29, 1.82) is 0 Å². The first-order valence-electron chi connectivity index (χ1n) is 7.97. The summed E-state index contributed by atoms with van der Waals surface area (Å²) in [6, 6.07) is 16.3. The third-order valence-corrected chi connectivity index (χ3v) is 3.53. The van der Waals surface area contributed by atoms with Gasteiger partial charge in [0.15, 0.2) is 5.82 Å². The molecule has 0 aliphatic heterocycles. The van der Waals surface area contributed by atoms with Crippen molar-refractivity contribution >= 4 is 17.6 Å². The number of pyridine rings is 1. The molecule has 1 aromatic carbocycles. The van der Waals surface area contributed by atoms with Gasteiger partial charge in [0.05, 0.1) is 6.26 Å². The number of carbonyl (C=O) groups excluding carboxylic acids is 2. The van der Waals surface area contributed by atoms with Crippen molar-refractivity contribution in [2.75, 3.05) is 0 Å². The summed E-state index contributed by atoms with van der Waals surface area (Å²) in [7, 11) is 0. The molecule has 0 radical (unpaired) electrons. The Morgan fingerprint density at radius 2 is 1.85 bits per heavy atom. The summed E-state index contributed by atoms with van der Waals surface area (Å²) in [5, 5.41) is 10.2. The number of benzene rings is 1. The summed E-state index contributed by atoms with van der Waals surface area (Å²) in [5.41, 5.74) is 0.450. The first-order valence-corrected chi connectivity index (χ1v) is 7.97. The Morgan fingerprint density at radius 3 is 2.54 bits per heavy atom. The molecule has 26 heavy (non-hydrogen) atoms. The Morgan fingerprint density at radius 1 is 1.04 bits per heavy atom. The lowest BCUT2D eigenvalue weighted by molar-refractivity contribution is -0.120. The van der Waals surface area contributed by atoms with E-state index in [1.54, 1.807) is 60.8 Å². The standard InChI is InChI=1S/C19H16N4O3/c24-18(14-7-2-1-3-8-14)21-16(13-15-9-6-12-26-15)19(25)23-22-17-10-4-5-11-20-17/h1-12,16H,13H2,(H,21,24). The van der Waals surface area contributed by atoms with Crippen LogP contribution < -0.4 is 5.32 Å². The van der Waals surface area contributed by atoms with E-state index in [1.165, 1.54) is 6.26 Å². The molecule has 0 bridgehead atoms. The zero-order valence-electron chi connectivity index (χ0n) is 13.8. The summed E-state index contributed by atoms with van der Waals surface area (Å²) in [6.07, 6.45) is 3.23. The van der Waals surface area contributed by atoms with E-state index in [0.29, 0.717) is 17.1 Å². The minimum absolute atomic E-state index is 0.172. The lowest BCUT2D eigenvalue weighted by Crippen LogP contribution is -2.41. The van der Waals surface area contributed by atoms with E-state index in [9.17, 15) is 9.59 Å². The van der Waals surface area contributed by atoms with Gasteiger partial charge in [0.2, 0.25) is 0 Å². The molecule has 0 aliphatic carbocycles. The van der Waals surface area contributed by atoms with Gasteiger partial charge in [-0.05, 0) is 36.4 Å². The first-order chi connectivity index (χ1) is 12.7. The summed E-state index contributed by atoms with van der Waals surface area (Å²) in [4.78, 5) is 28.8. The van der Waals surface area contributed by atoms with E-state index in [1.807, 2.05) is 6.07 Å². The maximum Gasteiger partial charge on any atom is 0.287 e. The van der Waals surface area contributed by atoms with Crippen LogP contribution in [0.4, 0.5) is 5.82 Å². The van der Waals surface area contributed by atoms with Gasteiger partial charge in [-0.1, -0.05) is 24.3 Å². The third-order valence-electron chi connectivity index (χ3n) is 3.53. The highest BCUT2D eigenvalue weighted by Crippen LogP contribution is 2.10. The van der Waals surface area contributed by atoms with Gasteiger partial charge in [-0.2, -0.15) is 0 Å². The number of aromatic nitrogens is 1. The van der Waals surface area contributed by atoms with Crippen LogP contribution in [0.2, 0.25) is 0 Å². The minimum Gasteiger partial charge on any atom is -0.469 e. The van der Waals surface area contributed by atoms with E-state index in [4.69, 9.17) is 4.42 Å². The quantitative estimate of drug-likeness (QED) is 0.691. The smallest absolute Gasteiger partial charge is 0.287 e. The monoisotopic (exact) mass is 348 g/mol. The first kappa shape index (κ1) is 17.2. The molecule has 0 fully saturated rings. The van der Waals surface area contributed by atoms with Crippen LogP contribution in [0.25, 0.3) is 0 Å². The molecule has 2 aromatic heterocycles. The fraction of sp³-hybridized carbons (Fsp3) is 0.105. The van der Waals surface area contributed by atoms with Crippen LogP contribution in [0, 0.1) is 0 Å². The van der Waals surface area contributed by atoms with Crippen LogP contribution in [0.5, 0.6) is 0 Å². The average molecular weight is 348 g/mol. The highest BCUT2D eigenvalue weighted by Gasteiger charge is 2.23. The van der Waals surface area contributed by atoms with E-state index in [-0.39, 0.29) is 12.3 Å². The topological polar surface area (TPSA) is 96.9 Å². The van der Waals surface area contributed by atoms with E-state index >= 15 is 0 Å². The van der Waals surface area contributed by atoms with Crippen LogP contribution in [-0.2, 0) is 11.2 Å². The molecular weight excluding hydrogens is 332 g/mol. The number of carbonyl (C=O) groups is 2. The van der Waals surface area contributed by atoms with Gasteiger partial charge in [-0.15, -0.1) is 10.2 Å². The highest BCUT2D eigenvalue weighted by atomic mass is 16.3. The van der Waals surface area contributed by atoms with Crippen molar-refractivity contribution in [3.8, 4) is 0 Å². The molecule has 2 amide bonds.